The summed E-state index contributed by atoms with van der Waals surface area (Å²) in [5.74, 6) is -0.624. The number of hydrogen-bond donors (Lipinski definition) is 1. The lowest BCUT2D eigenvalue weighted by molar-refractivity contribution is -0.385. The van der Waals surface area contributed by atoms with Crippen LogP contribution in [0.15, 0.2) is 36.5 Å². The van der Waals surface area contributed by atoms with Crippen molar-refractivity contribution in [3.63, 3.8) is 0 Å². The van der Waals surface area contributed by atoms with Crippen LogP contribution in [0.3, 0.4) is 0 Å². The quantitative estimate of drug-likeness (QED) is 0.685. The third kappa shape index (κ3) is 3.07. The van der Waals surface area contributed by atoms with Crippen molar-refractivity contribution >= 4 is 5.69 Å². The van der Waals surface area contributed by atoms with Gasteiger partial charge in [0.15, 0.2) is 0 Å². The van der Waals surface area contributed by atoms with E-state index in [1.54, 1.807) is 19.1 Å². The van der Waals surface area contributed by atoms with Gasteiger partial charge in [-0.15, -0.1) is 0 Å². The van der Waals surface area contributed by atoms with Gasteiger partial charge in [0.25, 0.3) is 0 Å². The Morgan fingerprint density at radius 2 is 2.15 bits per heavy atom. The van der Waals surface area contributed by atoms with Gasteiger partial charge in [0.05, 0.1) is 11.0 Å². The highest BCUT2D eigenvalue weighted by Crippen LogP contribution is 2.31. The van der Waals surface area contributed by atoms with Crippen LogP contribution in [0.2, 0.25) is 0 Å². The molecule has 2 aromatic rings. The van der Waals surface area contributed by atoms with Gasteiger partial charge < -0.3 is 10.5 Å². The van der Waals surface area contributed by atoms with Gasteiger partial charge in [-0.1, -0.05) is 0 Å². The molecule has 0 fully saturated rings. The van der Waals surface area contributed by atoms with Gasteiger partial charge >= 0.3 is 5.69 Å². The summed E-state index contributed by atoms with van der Waals surface area (Å²) in [4.78, 5) is 14.1. The van der Waals surface area contributed by atoms with Gasteiger partial charge in [0.1, 0.15) is 5.82 Å². The van der Waals surface area contributed by atoms with Crippen LogP contribution in [0.5, 0.6) is 11.6 Å². The summed E-state index contributed by atoms with van der Waals surface area (Å²) in [6.07, 6.45) is 1.49. The second-order valence-corrected chi connectivity index (χ2v) is 4.19. The Labute approximate surface area is 114 Å². The van der Waals surface area contributed by atoms with Crippen LogP contribution in [0.4, 0.5) is 10.1 Å². The van der Waals surface area contributed by atoms with Crippen LogP contribution in [0.25, 0.3) is 0 Å². The van der Waals surface area contributed by atoms with Crippen LogP contribution in [0, 0.1) is 15.9 Å². The fraction of sp³-hybridized carbons (Fsp3) is 0.154. The van der Waals surface area contributed by atoms with E-state index >= 15 is 0 Å². The molecule has 0 saturated heterocycles. The molecule has 0 bridgehead atoms. The van der Waals surface area contributed by atoms with Crippen molar-refractivity contribution in [2.75, 3.05) is 0 Å². The summed E-state index contributed by atoms with van der Waals surface area (Å²) in [6, 6.07) is 6.15. The molecule has 1 aromatic heterocycles. The van der Waals surface area contributed by atoms with Crippen molar-refractivity contribution in [1.82, 2.24) is 4.98 Å². The number of aromatic nitrogens is 1. The van der Waals surface area contributed by atoms with Gasteiger partial charge in [-0.2, -0.15) is 0 Å². The van der Waals surface area contributed by atoms with Crippen molar-refractivity contribution in [3.8, 4) is 11.6 Å². The Kier molecular flexibility index (Phi) is 3.90. The molecule has 7 heteroatoms. The Morgan fingerprint density at radius 3 is 2.80 bits per heavy atom. The summed E-state index contributed by atoms with van der Waals surface area (Å²) in [6.45, 7) is 1.79. The fourth-order valence-corrected chi connectivity index (χ4v) is 1.60. The molecule has 0 radical (unpaired) electrons. The lowest BCUT2D eigenvalue weighted by atomic mass is 10.1. The zero-order chi connectivity index (χ0) is 14.7. The number of nitrogens with zero attached hydrogens (tertiary/aromatic N) is 2. The number of pyridine rings is 1. The largest absolute Gasteiger partial charge is 0.432 e. The summed E-state index contributed by atoms with van der Waals surface area (Å²) >= 11 is 0. The molecule has 2 N–H and O–H groups in total. The number of rotatable bonds is 4. The van der Waals surface area contributed by atoms with Crippen LogP contribution in [-0.4, -0.2) is 9.91 Å². The molecule has 0 aliphatic carbocycles. The van der Waals surface area contributed by atoms with Crippen molar-refractivity contribution in [1.29, 1.82) is 0 Å². The normalized spacial score (nSPS) is 11.9. The average molecular weight is 277 g/mol. The summed E-state index contributed by atoms with van der Waals surface area (Å²) in [5, 5.41) is 10.9. The third-order valence-electron chi connectivity index (χ3n) is 2.62. The van der Waals surface area contributed by atoms with Crippen LogP contribution in [0.1, 0.15) is 18.5 Å². The molecule has 1 aromatic carbocycles. The number of halogens is 1. The second-order valence-electron chi connectivity index (χ2n) is 4.19. The molecule has 1 unspecified atom stereocenters. The predicted octanol–water partition coefficient (Wildman–Crippen LogP) is 2.94. The lowest BCUT2D eigenvalue weighted by Gasteiger charge is -2.09. The molecular weight excluding hydrogens is 265 g/mol. The monoisotopic (exact) mass is 277 g/mol. The molecule has 0 aliphatic heterocycles. The fourth-order valence-electron chi connectivity index (χ4n) is 1.60. The van der Waals surface area contributed by atoms with E-state index in [0.717, 1.165) is 17.7 Å². The first-order chi connectivity index (χ1) is 9.47. The molecule has 0 saturated carbocycles. The zero-order valence-electron chi connectivity index (χ0n) is 10.6. The van der Waals surface area contributed by atoms with Crippen LogP contribution >= 0.6 is 0 Å². The molecular formula is C13H12FN3O3. The molecule has 0 spiro atoms. The van der Waals surface area contributed by atoms with Gasteiger partial charge in [0.2, 0.25) is 11.6 Å². The maximum absolute atomic E-state index is 13.0. The Hall–Kier alpha value is -2.54. The molecule has 20 heavy (non-hydrogen) atoms. The lowest BCUT2D eigenvalue weighted by Crippen LogP contribution is -2.05. The number of hydrogen-bond acceptors (Lipinski definition) is 5. The van der Waals surface area contributed by atoms with E-state index in [1.807, 2.05) is 0 Å². The first kappa shape index (κ1) is 13.9. The zero-order valence-corrected chi connectivity index (χ0v) is 10.6. The summed E-state index contributed by atoms with van der Waals surface area (Å²) in [7, 11) is 0. The first-order valence-corrected chi connectivity index (χ1v) is 5.80. The predicted molar refractivity (Wildman–Crippen MR) is 70.0 cm³/mol. The average Bonchev–Trinajstić information content (AvgIpc) is 2.41. The van der Waals surface area contributed by atoms with Crippen molar-refractivity contribution in [3.05, 3.63) is 58.0 Å². The maximum atomic E-state index is 13.0. The Morgan fingerprint density at radius 1 is 1.40 bits per heavy atom. The minimum absolute atomic E-state index is 0.0780. The molecule has 0 amide bonds. The van der Waals surface area contributed by atoms with Crippen LogP contribution in [-0.2, 0) is 0 Å². The van der Waals surface area contributed by atoms with Gasteiger partial charge in [-0.25, -0.2) is 9.37 Å². The second kappa shape index (κ2) is 5.62. The van der Waals surface area contributed by atoms with Crippen molar-refractivity contribution in [2.24, 2.45) is 5.73 Å². The van der Waals surface area contributed by atoms with E-state index < -0.39 is 16.4 Å². The minimum atomic E-state index is -0.714. The van der Waals surface area contributed by atoms with Crippen LogP contribution < -0.4 is 10.5 Å². The van der Waals surface area contributed by atoms with E-state index in [9.17, 15) is 14.5 Å². The topological polar surface area (TPSA) is 91.3 Å². The summed E-state index contributed by atoms with van der Waals surface area (Å²) < 4.78 is 18.4. The molecule has 0 aliphatic rings. The molecule has 104 valence electrons. The van der Waals surface area contributed by atoms with Gasteiger partial charge in [-0.3, -0.25) is 10.1 Å². The van der Waals surface area contributed by atoms with Gasteiger partial charge in [-0.05, 0) is 30.7 Å². The number of nitro benzene ring substituents is 1. The number of ether oxygens (including phenoxy) is 1. The van der Waals surface area contributed by atoms with E-state index in [4.69, 9.17) is 10.5 Å². The van der Waals surface area contributed by atoms with Crippen molar-refractivity contribution in [2.45, 2.75) is 13.0 Å². The van der Waals surface area contributed by atoms with Gasteiger partial charge in [0, 0.05) is 18.3 Å². The van der Waals surface area contributed by atoms with Crippen molar-refractivity contribution < 1.29 is 14.1 Å². The molecule has 2 rings (SSSR count). The first-order valence-electron chi connectivity index (χ1n) is 5.80. The highest BCUT2D eigenvalue weighted by Gasteiger charge is 2.17. The minimum Gasteiger partial charge on any atom is -0.432 e. The Balaban J connectivity index is 2.35. The SMILES string of the molecule is CC(N)c1ccnc(Oc2ccc(F)cc2[N+](=O)[O-])c1. The standard InChI is InChI=1S/C13H12FN3O3/c1-8(15)9-4-5-16-13(6-9)20-12-3-2-10(14)7-11(12)17(18)19/h2-8H,15H2,1H3. The van der Waals surface area contributed by atoms with E-state index in [2.05, 4.69) is 4.98 Å². The van der Waals surface area contributed by atoms with E-state index in [0.29, 0.717) is 0 Å². The number of benzene rings is 1. The number of nitro groups is 1. The third-order valence-corrected chi connectivity index (χ3v) is 2.62. The maximum Gasteiger partial charge on any atom is 0.314 e. The number of nitrogens with two attached hydrogens (primary N) is 1. The Bertz CT molecular complexity index is 647. The highest BCUT2D eigenvalue weighted by atomic mass is 19.1. The smallest absolute Gasteiger partial charge is 0.314 e. The molecule has 1 atom stereocenters. The molecule has 6 nitrogen and oxygen atoms in total. The van der Waals surface area contributed by atoms with E-state index in [1.165, 1.54) is 12.3 Å². The molecule has 1 heterocycles. The highest BCUT2D eigenvalue weighted by molar-refractivity contribution is 5.48. The van der Waals surface area contributed by atoms with E-state index in [-0.39, 0.29) is 17.7 Å². The summed E-state index contributed by atoms with van der Waals surface area (Å²) in [5.41, 5.74) is 6.05.